The Morgan fingerprint density at radius 2 is 1.67 bits per heavy atom. The van der Waals surface area contributed by atoms with Crippen molar-refractivity contribution in [3.63, 3.8) is 0 Å². The van der Waals surface area contributed by atoms with Gasteiger partial charge in [0.25, 0.3) is 0 Å². The number of nitrogens with zero attached hydrogens (tertiary/aromatic N) is 1. The van der Waals surface area contributed by atoms with Gasteiger partial charge in [0, 0.05) is 6.54 Å². The third-order valence-corrected chi connectivity index (χ3v) is 2.05. The Kier molecular flexibility index (Phi) is 5.46. The summed E-state index contributed by atoms with van der Waals surface area (Å²) >= 11 is 0. The molecule has 2 N–H and O–H groups in total. The lowest BCUT2D eigenvalue weighted by molar-refractivity contribution is -0.118. The van der Waals surface area contributed by atoms with Crippen LogP contribution in [0.15, 0.2) is 0 Å². The van der Waals surface area contributed by atoms with Crippen molar-refractivity contribution in [1.82, 2.24) is 4.90 Å². The molecule has 0 saturated carbocycles. The maximum Gasteiger partial charge on any atom is 0.111 e. The second kappa shape index (κ2) is 5.51. The lowest BCUT2D eigenvalue weighted by Crippen LogP contribution is -2.45. The molecule has 0 aliphatic heterocycles. The first kappa shape index (κ1) is 11.9. The van der Waals surface area contributed by atoms with Crippen molar-refractivity contribution >= 4 is 0 Å². The smallest absolute Gasteiger partial charge is 0.111 e. The van der Waals surface area contributed by atoms with E-state index in [1.54, 1.807) is 4.90 Å². The summed E-state index contributed by atoms with van der Waals surface area (Å²) in [5.41, 5.74) is 0. The predicted octanol–water partition coefficient (Wildman–Crippen LogP) is 1.01. The molecule has 0 radical (unpaired) electrons. The van der Waals surface area contributed by atoms with Crippen molar-refractivity contribution in [1.29, 1.82) is 0 Å². The Morgan fingerprint density at radius 3 is 1.92 bits per heavy atom. The maximum absolute atomic E-state index is 9.65. The minimum atomic E-state index is -0.537. The molecule has 0 fully saturated rings. The highest BCUT2D eigenvalue weighted by atomic mass is 16.3. The molecule has 2 unspecified atom stereocenters. The van der Waals surface area contributed by atoms with Crippen LogP contribution in [0.25, 0.3) is 0 Å². The van der Waals surface area contributed by atoms with Crippen molar-refractivity contribution in [2.45, 2.75) is 46.6 Å². The SMILES string of the molecule is CCC(O)N(CC)C(O)C(C)C. The third kappa shape index (κ3) is 3.09. The zero-order valence-electron chi connectivity index (χ0n) is 8.49. The van der Waals surface area contributed by atoms with E-state index in [9.17, 15) is 10.2 Å². The standard InChI is InChI=1S/C9H21NO2/c1-5-8(11)10(6-2)9(12)7(3)4/h7-9,11-12H,5-6H2,1-4H3. The molecule has 0 bridgehead atoms. The molecule has 0 heterocycles. The summed E-state index contributed by atoms with van der Waals surface area (Å²) in [5, 5.41) is 19.2. The van der Waals surface area contributed by atoms with Crippen molar-refractivity contribution < 1.29 is 10.2 Å². The van der Waals surface area contributed by atoms with Crippen molar-refractivity contribution in [3.05, 3.63) is 0 Å². The number of hydrogen-bond donors (Lipinski definition) is 2. The summed E-state index contributed by atoms with van der Waals surface area (Å²) in [4.78, 5) is 1.70. The van der Waals surface area contributed by atoms with Gasteiger partial charge in [-0.1, -0.05) is 27.7 Å². The van der Waals surface area contributed by atoms with E-state index in [1.165, 1.54) is 0 Å². The van der Waals surface area contributed by atoms with E-state index in [2.05, 4.69) is 0 Å². The van der Waals surface area contributed by atoms with Crippen molar-refractivity contribution in [3.8, 4) is 0 Å². The van der Waals surface area contributed by atoms with Gasteiger partial charge in [0.05, 0.1) is 0 Å². The fraction of sp³-hybridized carbons (Fsp3) is 1.00. The molecule has 74 valence electrons. The van der Waals surface area contributed by atoms with Crippen molar-refractivity contribution in [2.24, 2.45) is 5.92 Å². The van der Waals surface area contributed by atoms with E-state index in [-0.39, 0.29) is 5.92 Å². The van der Waals surface area contributed by atoms with Crippen LogP contribution in [-0.4, -0.2) is 34.1 Å². The lowest BCUT2D eigenvalue weighted by atomic mass is 10.1. The number of hydrogen-bond acceptors (Lipinski definition) is 3. The minimum Gasteiger partial charge on any atom is -0.378 e. The summed E-state index contributed by atoms with van der Waals surface area (Å²) in [6, 6.07) is 0. The molecule has 0 aliphatic rings. The van der Waals surface area contributed by atoms with Crippen LogP contribution in [0.2, 0.25) is 0 Å². The molecule has 3 nitrogen and oxygen atoms in total. The van der Waals surface area contributed by atoms with Gasteiger partial charge in [-0.25, -0.2) is 0 Å². The molecule has 0 amide bonds. The zero-order valence-corrected chi connectivity index (χ0v) is 8.49. The van der Waals surface area contributed by atoms with Crippen LogP contribution in [0.3, 0.4) is 0 Å². The average molecular weight is 175 g/mol. The lowest BCUT2D eigenvalue weighted by Gasteiger charge is -2.32. The van der Waals surface area contributed by atoms with Crippen LogP contribution < -0.4 is 0 Å². The predicted molar refractivity (Wildman–Crippen MR) is 49.5 cm³/mol. The first-order valence-electron chi connectivity index (χ1n) is 4.66. The molecule has 0 rings (SSSR count). The second-order valence-corrected chi connectivity index (χ2v) is 3.38. The quantitative estimate of drug-likeness (QED) is 0.613. The highest BCUT2D eigenvalue weighted by Crippen LogP contribution is 2.11. The Balaban J connectivity index is 4.13. The second-order valence-electron chi connectivity index (χ2n) is 3.38. The van der Waals surface area contributed by atoms with E-state index >= 15 is 0 Å². The monoisotopic (exact) mass is 175 g/mol. The molecule has 0 aromatic rings. The van der Waals surface area contributed by atoms with Gasteiger partial charge >= 0.3 is 0 Å². The van der Waals surface area contributed by atoms with E-state index in [4.69, 9.17) is 0 Å². The molecule has 0 saturated heterocycles. The minimum absolute atomic E-state index is 0.158. The largest absolute Gasteiger partial charge is 0.378 e. The van der Waals surface area contributed by atoms with Crippen LogP contribution in [0.5, 0.6) is 0 Å². The van der Waals surface area contributed by atoms with Gasteiger partial charge in [-0.05, 0) is 12.3 Å². The molecule has 0 aromatic heterocycles. The van der Waals surface area contributed by atoms with Gasteiger partial charge in [-0.2, -0.15) is 0 Å². The fourth-order valence-electron chi connectivity index (χ4n) is 1.19. The first-order chi connectivity index (χ1) is 5.54. The Hall–Kier alpha value is -0.120. The molecule has 3 heteroatoms. The summed E-state index contributed by atoms with van der Waals surface area (Å²) in [6.45, 7) is 8.39. The average Bonchev–Trinajstić information content (AvgIpc) is 2.05. The van der Waals surface area contributed by atoms with Crippen LogP contribution in [0.4, 0.5) is 0 Å². The van der Waals surface area contributed by atoms with Crippen LogP contribution in [0.1, 0.15) is 34.1 Å². The third-order valence-electron chi connectivity index (χ3n) is 2.05. The maximum atomic E-state index is 9.65. The fourth-order valence-corrected chi connectivity index (χ4v) is 1.19. The Bertz CT molecular complexity index is 117. The molecule has 0 aromatic carbocycles. The zero-order chi connectivity index (χ0) is 9.72. The van der Waals surface area contributed by atoms with Gasteiger partial charge in [-0.15, -0.1) is 0 Å². The molecule has 2 atom stereocenters. The molecular weight excluding hydrogens is 154 g/mol. The van der Waals surface area contributed by atoms with Gasteiger partial charge in [0.1, 0.15) is 12.5 Å². The van der Waals surface area contributed by atoms with Crippen molar-refractivity contribution in [2.75, 3.05) is 6.54 Å². The van der Waals surface area contributed by atoms with E-state index in [1.807, 2.05) is 27.7 Å². The highest BCUT2D eigenvalue weighted by molar-refractivity contribution is 4.65. The van der Waals surface area contributed by atoms with Gasteiger partial charge in [0.15, 0.2) is 0 Å². The van der Waals surface area contributed by atoms with E-state index in [0.29, 0.717) is 13.0 Å². The van der Waals surface area contributed by atoms with Gasteiger partial charge < -0.3 is 10.2 Å². The van der Waals surface area contributed by atoms with Crippen LogP contribution in [0, 0.1) is 5.92 Å². The summed E-state index contributed by atoms with van der Waals surface area (Å²) in [5.74, 6) is 0.158. The number of aliphatic hydroxyl groups excluding tert-OH is 2. The highest BCUT2D eigenvalue weighted by Gasteiger charge is 2.22. The molecular formula is C9H21NO2. The van der Waals surface area contributed by atoms with Crippen LogP contribution in [-0.2, 0) is 0 Å². The van der Waals surface area contributed by atoms with Gasteiger partial charge in [-0.3, -0.25) is 4.90 Å². The number of rotatable bonds is 5. The Labute approximate surface area is 75.0 Å². The summed E-state index contributed by atoms with van der Waals surface area (Å²) < 4.78 is 0. The Morgan fingerprint density at radius 1 is 1.17 bits per heavy atom. The van der Waals surface area contributed by atoms with Gasteiger partial charge in [0.2, 0.25) is 0 Å². The molecule has 0 spiro atoms. The summed E-state index contributed by atoms with van der Waals surface area (Å²) in [7, 11) is 0. The first-order valence-corrected chi connectivity index (χ1v) is 4.66. The summed E-state index contributed by atoms with van der Waals surface area (Å²) in [6.07, 6.45) is -0.408. The topological polar surface area (TPSA) is 43.7 Å². The molecule has 12 heavy (non-hydrogen) atoms. The normalized spacial score (nSPS) is 17.0. The van der Waals surface area contributed by atoms with Crippen LogP contribution >= 0.6 is 0 Å². The van der Waals surface area contributed by atoms with E-state index < -0.39 is 12.5 Å². The van der Waals surface area contributed by atoms with E-state index in [0.717, 1.165) is 0 Å². The number of aliphatic hydroxyl groups is 2. The molecule has 0 aliphatic carbocycles.